The summed E-state index contributed by atoms with van der Waals surface area (Å²) < 4.78 is 28.4. The fourth-order valence-corrected chi connectivity index (χ4v) is 4.10. The molecule has 0 aliphatic heterocycles. The Morgan fingerprint density at radius 1 is 1.24 bits per heavy atom. The molecule has 4 aromatic rings. The van der Waals surface area contributed by atoms with Gasteiger partial charge in [0.1, 0.15) is 17.4 Å². The summed E-state index contributed by atoms with van der Waals surface area (Å²) in [5.74, 6) is -4.74. The molecule has 1 saturated carbocycles. The average molecular weight is 451 g/mol. The van der Waals surface area contributed by atoms with Crippen LogP contribution < -0.4 is 5.32 Å². The van der Waals surface area contributed by atoms with Gasteiger partial charge in [-0.1, -0.05) is 6.92 Å². The second-order valence-corrected chi connectivity index (χ2v) is 8.62. The topological polar surface area (TPSA) is 92.4 Å². The molecule has 4 heterocycles. The zero-order valence-electron chi connectivity index (χ0n) is 18.4. The summed E-state index contributed by atoms with van der Waals surface area (Å²) in [5, 5.41) is 13.4. The fourth-order valence-electron chi connectivity index (χ4n) is 4.10. The minimum Gasteiger partial charge on any atom is -0.387 e. The van der Waals surface area contributed by atoms with E-state index >= 15 is 0 Å². The number of hydrogen-bond acceptors (Lipinski definition) is 5. The molecule has 7 nitrogen and oxygen atoms in total. The Hall–Kier alpha value is -3.46. The van der Waals surface area contributed by atoms with E-state index in [4.69, 9.17) is 0 Å². The molecule has 2 N–H and O–H groups in total. The van der Waals surface area contributed by atoms with Crippen LogP contribution in [0.25, 0.3) is 27.7 Å². The van der Waals surface area contributed by atoms with Crippen molar-refractivity contribution in [3.05, 3.63) is 53.7 Å². The van der Waals surface area contributed by atoms with Gasteiger partial charge in [0.15, 0.2) is 0 Å². The SMILES string of the molecule is CCC(O)c1cc(C)c(-c2cc3cnc(NC(=O)[C@H]4CC4(F)F)cc3n3cc(C)nc23)cn1. The third-order valence-electron chi connectivity index (χ3n) is 6.08. The van der Waals surface area contributed by atoms with Gasteiger partial charge in [-0.25, -0.2) is 18.7 Å². The number of hydrogen-bond donors (Lipinski definition) is 2. The van der Waals surface area contributed by atoms with E-state index in [0.717, 1.165) is 33.3 Å². The van der Waals surface area contributed by atoms with Crippen molar-refractivity contribution in [2.24, 2.45) is 5.92 Å². The lowest BCUT2D eigenvalue weighted by Crippen LogP contribution is -2.18. The second kappa shape index (κ2) is 7.55. The van der Waals surface area contributed by atoms with Crippen LogP contribution >= 0.6 is 0 Å². The number of aromatic nitrogens is 4. The first-order chi connectivity index (χ1) is 15.7. The van der Waals surface area contributed by atoms with E-state index < -0.39 is 30.3 Å². The first kappa shape index (κ1) is 21.4. The Labute approximate surface area is 188 Å². The standard InChI is InChI=1S/C24H23F2N5O2/c1-4-20(32)18-5-12(2)16(10-27-18)15-6-14-9-28-21(30-23(33)17-8-24(17,25)26)7-19(14)31-11-13(3)29-22(15)31/h5-7,9-11,17,20,32H,4,8H2,1-3H3,(H,28,30,33)/t17-,20?/m1/s1. The van der Waals surface area contributed by atoms with E-state index in [1.807, 2.05) is 43.5 Å². The molecule has 0 radical (unpaired) electrons. The van der Waals surface area contributed by atoms with Gasteiger partial charge in [0, 0.05) is 47.6 Å². The van der Waals surface area contributed by atoms with Crippen molar-refractivity contribution in [2.75, 3.05) is 5.32 Å². The van der Waals surface area contributed by atoms with Crippen molar-refractivity contribution in [1.29, 1.82) is 0 Å². The molecule has 1 aliphatic rings. The largest absolute Gasteiger partial charge is 0.387 e. The number of imidazole rings is 1. The molecule has 9 heteroatoms. The van der Waals surface area contributed by atoms with Gasteiger partial charge in [-0.05, 0) is 38.0 Å². The fraction of sp³-hybridized carbons (Fsp3) is 0.333. The molecule has 5 rings (SSSR count). The van der Waals surface area contributed by atoms with Gasteiger partial charge in [-0.2, -0.15) is 0 Å². The normalized spacial score (nSPS) is 17.9. The highest BCUT2D eigenvalue weighted by atomic mass is 19.3. The summed E-state index contributed by atoms with van der Waals surface area (Å²) >= 11 is 0. The van der Waals surface area contributed by atoms with Gasteiger partial charge in [0.05, 0.1) is 23.0 Å². The number of carbonyl (C=O) groups excluding carboxylic acids is 1. The van der Waals surface area contributed by atoms with Gasteiger partial charge in [0.2, 0.25) is 5.91 Å². The van der Waals surface area contributed by atoms with E-state index in [0.29, 0.717) is 17.8 Å². The Morgan fingerprint density at radius 2 is 2.00 bits per heavy atom. The molecular formula is C24H23F2N5O2. The summed E-state index contributed by atoms with van der Waals surface area (Å²) in [6.07, 6.45) is 4.76. The van der Waals surface area contributed by atoms with Crippen molar-refractivity contribution < 1.29 is 18.7 Å². The van der Waals surface area contributed by atoms with Crippen molar-refractivity contribution in [2.45, 2.75) is 45.6 Å². The predicted octanol–water partition coefficient (Wildman–Crippen LogP) is 4.60. The van der Waals surface area contributed by atoms with Crippen LogP contribution in [0.5, 0.6) is 0 Å². The third kappa shape index (κ3) is 3.72. The average Bonchev–Trinajstić information content (AvgIpc) is 3.24. The number of fused-ring (bicyclic) bond motifs is 3. The maximum atomic E-state index is 13.2. The summed E-state index contributed by atoms with van der Waals surface area (Å²) in [4.78, 5) is 25.5. The predicted molar refractivity (Wildman–Crippen MR) is 120 cm³/mol. The molecule has 170 valence electrons. The number of alkyl halides is 2. The lowest BCUT2D eigenvalue weighted by Gasteiger charge is -2.14. The monoisotopic (exact) mass is 451 g/mol. The first-order valence-corrected chi connectivity index (χ1v) is 10.8. The van der Waals surface area contributed by atoms with Gasteiger partial charge in [-0.15, -0.1) is 0 Å². The number of halogens is 2. The van der Waals surface area contributed by atoms with E-state index in [-0.39, 0.29) is 5.82 Å². The molecule has 4 aromatic heterocycles. The van der Waals surface area contributed by atoms with Gasteiger partial charge < -0.3 is 10.4 Å². The van der Waals surface area contributed by atoms with Gasteiger partial charge in [0.25, 0.3) is 5.92 Å². The van der Waals surface area contributed by atoms with E-state index in [1.54, 1.807) is 18.5 Å². The van der Waals surface area contributed by atoms with E-state index in [9.17, 15) is 18.7 Å². The summed E-state index contributed by atoms with van der Waals surface area (Å²) in [5.41, 5.74) is 5.56. The lowest BCUT2D eigenvalue weighted by molar-refractivity contribution is -0.119. The van der Waals surface area contributed by atoms with Crippen molar-refractivity contribution >= 4 is 28.3 Å². The summed E-state index contributed by atoms with van der Waals surface area (Å²) in [6, 6.07) is 5.49. The van der Waals surface area contributed by atoms with Crippen LogP contribution in [0, 0.1) is 19.8 Å². The van der Waals surface area contributed by atoms with Crippen LogP contribution in [-0.4, -0.2) is 36.3 Å². The number of rotatable bonds is 5. The third-order valence-corrected chi connectivity index (χ3v) is 6.08. The van der Waals surface area contributed by atoms with E-state index in [2.05, 4.69) is 20.3 Å². The van der Waals surface area contributed by atoms with E-state index in [1.165, 1.54) is 0 Å². The van der Waals surface area contributed by atoms with Crippen LogP contribution in [0.4, 0.5) is 14.6 Å². The van der Waals surface area contributed by atoms with Crippen LogP contribution in [0.3, 0.4) is 0 Å². The Kier molecular flexibility index (Phi) is 4.89. The van der Waals surface area contributed by atoms with Crippen LogP contribution in [0.1, 0.15) is 42.8 Å². The number of aliphatic hydroxyl groups is 1. The quantitative estimate of drug-likeness (QED) is 0.463. The first-order valence-electron chi connectivity index (χ1n) is 10.8. The Morgan fingerprint density at radius 3 is 2.67 bits per heavy atom. The number of aliphatic hydroxyl groups excluding tert-OH is 1. The molecule has 1 fully saturated rings. The van der Waals surface area contributed by atoms with Gasteiger partial charge >= 0.3 is 0 Å². The molecule has 2 atom stereocenters. The number of nitrogens with zero attached hydrogens (tertiary/aromatic N) is 4. The highest BCUT2D eigenvalue weighted by Crippen LogP contribution is 2.49. The smallest absolute Gasteiger partial charge is 0.260 e. The molecule has 0 saturated heterocycles. The van der Waals surface area contributed by atoms with Crippen LogP contribution in [0.15, 0.2) is 36.8 Å². The summed E-state index contributed by atoms with van der Waals surface area (Å²) in [6.45, 7) is 5.74. The highest BCUT2D eigenvalue weighted by Gasteiger charge is 2.61. The van der Waals surface area contributed by atoms with Crippen LogP contribution in [-0.2, 0) is 4.79 Å². The minimum absolute atomic E-state index is 0.214. The van der Waals surface area contributed by atoms with Crippen LogP contribution in [0.2, 0.25) is 0 Å². The Balaban J connectivity index is 1.59. The second-order valence-electron chi connectivity index (χ2n) is 8.62. The Bertz CT molecular complexity index is 1420. The molecule has 33 heavy (non-hydrogen) atoms. The number of aryl methyl sites for hydroxylation is 2. The lowest BCUT2D eigenvalue weighted by atomic mass is 10.0. The number of nitrogens with one attached hydrogen (secondary N) is 1. The minimum atomic E-state index is -2.93. The maximum absolute atomic E-state index is 13.2. The molecule has 0 aromatic carbocycles. The van der Waals surface area contributed by atoms with Crippen molar-refractivity contribution in [3.8, 4) is 11.1 Å². The molecule has 1 aliphatic carbocycles. The molecule has 1 amide bonds. The molecule has 0 bridgehead atoms. The number of amides is 1. The summed E-state index contributed by atoms with van der Waals surface area (Å²) in [7, 11) is 0. The van der Waals surface area contributed by atoms with Crippen molar-refractivity contribution in [1.82, 2.24) is 19.4 Å². The zero-order valence-corrected chi connectivity index (χ0v) is 18.4. The number of anilines is 1. The molecule has 1 unspecified atom stereocenters. The molecule has 0 spiro atoms. The molecular weight excluding hydrogens is 428 g/mol. The highest BCUT2D eigenvalue weighted by molar-refractivity contribution is 5.97. The number of carbonyl (C=O) groups is 1. The maximum Gasteiger partial charge on any atom is 0.260 e. The zero-order chi connectivity index (χ0) is 23.5. The van der Waals surface area contributed by atoms with Crippen molar-refractivity contribution in [3.63, 3.8) is 0 Å². The number of pyridine rings is 3. The van der Waals surface area contributed by atoms with Gasteiger partial charge in [-0.3, -0.25) is 14.2 Å².